The summed E-state index contributed by atoms with van der Waals surface area (Å²) >= 11 is 0. The fraction of sp³-hybridized carbons (Fsp3) is 0.407. The van der Waals surface area contributed by atoms with Gasteiger partial charge in [-0.15, -0.1) is 0 Å². The summed E-state index contributed by atoms with van der Waals surface area (Å²) < 4.78 is 27.2. The molecular formula is C27H31NO8. The molecule has 1 unspecified atom stereocenters. The standard InChI is InChI=1S/C27H31NO8/c1-2-33-24-10-9-21(14-27(25(29)30)11-6-12-36-27)13-22(24)16-28(15-20-7-4-3-5-8-20)26(31)34-18-23-17-32-19-35-23/h3-5,7-10,13,17H,2,6,11-12,14-16,18-19H2,1H3,(H,29,30). The molecule has 0 aromatic heterocycles. The molecule has 9 heteroatoms. The van der Waals surface area contributed by atoms with Crippen molar-refractivity contribution in [2.24, 2.45) is 0 Å². The average molecular weight is 498 g/mol. The molecule has 0 spiro atoms. The number of nitrogens with zero attached hydrogens (tertiary/aromatic N) is 1. The first-order valence-electron chi connectivity index (χ1n) is 12.0. The minimum Gasteiger partial charge on any atom is -0.494 e. The monoisotopic (exact) mass is 497 g/mol. The second kappa shape index (κ2) is 11.8. The molecule has 0 saturated carbocycles. The summed E-state index contributed by atoms with van der Waals surface area (Å²) in [6, 6.07) is 15.2. The van der Waals surface area contributed by atoms with Crippen LogP contribution >= 0.6 is 0 Å². The molecule has 36 heavy (non-hydrogen) atoms. The fourth-order valence-electron chi connectivity index (χ4n) is 4.34. The predicted octanol–water partition coefficient (Wildman–Crippen LogP) is 4.25. The quantitative estimate of drug-likeness (QED) is 0.492. The second-order valence-electron chi connectivity index (χ2n) is 8.71. The van der Waals surface area contributed by atoms with Gasteiger partial charge < -0.3 is 28.8 Å². The Balaban J connectivity index is 1.57. The predicted molar refractivity (Wildman–Crippen MR) is 129 cm³/mol. The van der Waals surface area contributed by atoms with Crippen LogP contribution in [0, 0.1) is 0 Å². The molecule has 0 aliphatic carbocycles. The number of carboxylic acids is 1. The number of hydrogen-bond donors (Lipinski definition) is 1. The van der Waals surface area contributed by atoms with Crippen LogP contribution in [0.3, 0.4) is 0 Å². The number of aliphatic carboxylic acids is 1. The zero-order chi connectivity index (χ0) is 25.4. The third kappa shape index (κ3) is 6.28. The van der Waals surface area contributed by atoms with Gasteiger partial charge in [0.25, 0.3) is 0 Å². The summed E-state index contributed by atoms with van der Waals surface area (Å²) in [5.41, 5.74) is 1.25. The molecule has 1 fully saturated rings. The van der Waals surface area contributed by atoms with Crippen molar-refractivity contribution in [3.63, 3.8) is 0 Å². The second-order valence-corrected chi connectivity index (χ2v) is 8.71. The van der Waals surface area contributed by atoms with E-state index in [-0.39, 0.29) is 26.4 Å². The minimum absolute atomic E-state index is 0.0407. The van der Waals surface area contributed by atoms with Crippen LogP contribution in [0.4, 0.5) is 4.79 Å². The van der Waals surface area contributed by atoms with Gasteiger partial charge in [-0.3, -0.25) is 4.90 Å². The molecular weight excluding hydrogens is 466 g/mol. The average Bonchev–Trinajstić information content (AvgIpc) is 3.57. The number of hydrogen-bond acceptors (Lipinski definition) is 7. The Morgan fingerprint density at radius 2 is 1.94 bits per heavy atom. The lowest BCUT2D eigenvalue weighted by atomic mass is 9.91. The Bertz CT molecular complexity index is 1080. The first-order chi connectivity index (χ1) is 17.5. The fourth-order valence-corrected chi connectivity index (χ4v) is 4.34. The third-order valence-corrected chi connectivity index (χ3v) is 6.11. The van der Waals surface area contributed by atoms with Gasteiger partial charge >= 0.3 is 12.1 Å². The minimum atomic E-state index is -1.23. The summed E-state index contributed by atoms with van der Waals surface area (Å²) in [6.07, 6.45) is 2.30. The van der Waals surface area contributed by atoms with E-state index >= 15 is 0 Å². The lowest BCUT2D eigenvalue weighted by Gasteiger charge is -2.26. The highest BCUT2D eigenvalue weighted by Crippen LogP contribution is 2.32. The number of benzene rings is 2. The van der Waals surface area contributed by atoms with Crippen molar-refractivity contribution in [3.8, 4) is 5.75 Å². The van der Waals surface area contributed by atoms with Gasteiger partial charge in [0.15, 0.2) is 18.0 Å². The largest absolute Gasteiger partial charge is 0.494 e. The highest BCUT2D eigenvalue weighted by molar-refractivity contribution is 5.78. The molecule has 2 heterocycles. The van der Waals surface area contributed by atoms with E-state index < -0.39 is 17.7 Å². The van der Waals surface area contributed by atoms with E-state index in [0.717, 1.165) is 16.7 Å². The van der Waals surface area contributed by atoms with Crippen LogP contribution in [0.5, 0.6) is 5.75 Å². The summed E-state index contributed by atoms with van der Waals surface area (Å²) in [7, 11) is 0. The van der Waals surface area contributed by atoms with Crippen molar-refractivity contribution in [2.75, 3.05) is 26.6 Å². The first kappa shape index (κ1) is 25.4. The molecule has 0 radical (unpaired) electrons. The number of amides is 1. The highest BCUT2D eigenvalue weighted by atomic mass is 16.7. The van der Waals surface area contributed by atoms with E-state index in [1.807, 2.05) is 55.5 Å². The Kier molecular flexibility index (Phi) is 8.32. The Morgan fingerprint density at radius 1 is 1.11 bits per heavy atom. The van der Waals surface area contributed by atoms with Crippen LogP contribution in [-0.2, 0) is 43.3 Å². The zero-order valence-electron chi connectivity index (χ0n) is 20.3. The van der Waals surface area contributed by atoms with Gasteiger partial charge in [-0.25, -0.2) is 9.59 Å². The van der Waals surface area contributed by atoms with Crippen LogP contribution in [0.15, 0.2) is 60.6 Å². The maximum absolute atomic E-state index is 13.1. The molecule has 0 bridgehead atoms. The van der Waals surface area contributed by atoms with E-state index in [0.29, 0.717) is 44.1 Å². The molecule has 2 aromatic rings. The summed E-state index contributed by atoms with van der Waals surface area (Å²) in [5.74, 6) is 0.103. The number of ether oxygens (including phenoxy) is 5. The SMILES string of the molecule is CCOc1ccc(CC2(C(=O)O)CCCO2)cc1CN(Cc1ccccc1)C(=O)OCC1=COCO1. The molecule has 1 N–H and O–H groups in total. The van der Waals surface area contributed by atoms with Gasteiger partial charge in [-0.1, -0.05) is 42.5 Å². The van der Waals surface area contributed by atoms with Crippen molar-refractivity contribution < 1.29 is 38.4 Å². The Morgan fingerprint density at radius 3 is 2.61 bits per heavy atom. The number of rotatable bonds is 11. The van der Waals surface area contributed by atoms with Gasteiger partial charge in [0.05, 0.1) is 13.2 Å². The third-order valence-electron chi connectivity index (χ3n) is 6.11. The Hall–Kier alpha value is -3.72. The van der Waals surface area contributed by atoms with Crippen LogP contribution in [-0.4, -0.2) is 54.3 Å². The highest BCUT2D eigenvalue weighted by Gasteiger charge is 2.43. The normalized spacial score (nSPS) is 18.6. The summed E-state index contributed by atoms with van der Waals surface area (Å²) in [5, 5.41) is 9.82. The van der Waals surface area contributed by atoms with E-state index in [1.54, 1.807) is 4.90 Å². The van der Waals surface area contributed by atoms with Crippen molar-refractivity contribution in [3.05, 3.63) is 77.2 Å². The van der Waals surface area contributed by atoms with Crippen LogP contribution in [0.2, 0.25) is 0 Å². The molecule has 1 amide bonds. The van der Waals surface area contributed by atoms with E-state index in [2.05, 4.69) is 0 Å². The van der Waals surface area contributed by atoms with Crippen molar-refractivity contribution in [1.82, 2.24) is 4.90 Å². The van der Waals surface area contributed by atoms with Gasteiger partial charge in [-0.2, -0.15) is 0 Å². The lowest BCUT2D eigenvalue weighted by Crippen LogP contribution is -2.40. The lowest BCUT2D eigenvalue weighted by molar-refractivity contribution is -0.159. The number of carbonyl (C=O) groups excluding carboxylic acids is 1. The topological polar surface area (TPSA) is 104 Å². The Labute approximate surface area is 210 Å². The summed E-state index contributed by atoms with van der Waals surface area (Å²) in [6.45, 7) is 3.34. The molecule has 4 rings (SSSR count). The van der Waals surface area contributed by atoms with Crippen LogP contribution in [0.25, 0.3) is 0 Å². The van der Waals surface area contributed by atoms with E-state index in [4.69, 9.17) is 23.7 Å². The maximum atomic E-state index is 13.1. The molecule has 192 valence electrons. The first-order valence-corrected chi connectivity index (χ1v) is 12.0. The van der Waals surface area contributed by atoms with Crippen LogP contribution < -0.4 is 4.74 Å². The van der Waals surface area contributed by atoms with Crippen molar-refractivity contribution >= 4 is 12.1 Å². The van der Waals surface area contributed by atoms with Gasteiger partial charge in [0.2, 0.25) is 6.79 Å². The van der Waals surface area contributed by atoms with Gasteiger partial charge in [0, 0.05) is 25.1 Å². The van der Waals surface area contributed by atoms with Gasteiger partial charge in [-0.05, 0) is 37.0 Å². The van der Waals surface area contributed by atoms with E-state index in [1.165, 1.54) is 6.26 Å². The molecule has 2 aromatic carbocycles. The number of carbonyl (C=O) groups is 2. The summed E-state index contributed by atoms with van der Waals surface area (Å²) in [4.78, 5) is 26.7. The zero-order valence-corrected chi connectivity index (χ0v) is 20.3. The van der Waals surface area contributed by atoms with Gasteiger partial charge in [0.1, 0.15) is 12.0 Å². The molecule has 2 aliphatic rings. The molecule has 1 saturated heterocycles. The molecule has 2 aliphatic heterocycles. The smallest absolute Gasteiger partial charge is 0.410 e. The molecule has 1 atom stereocenters. The van der Waals surface area contributed by atoms with E-state index in [9.17, 15) is 14.7 Å². The van der Waals surface area contributed by atoms with Crippen molar-refractivity contribution in [2.45, 2.75) is 44.9 Å². The van der Waals surface area contributed by atoms with Crippen molar-refractivity contribution in [1.29, 1.82) is 0 Å². The maximum Gasteiger partial charge on any atom is 0.410 e. The molecule has 9 nitrogen and oxygen atoms in total. The number of carboxylic acid groups (broad SMARTS) is 1. The van der Waals surface area contributed by atoms with Crippen LogP contribution in [0.1, 0.15) is 36.5 Å².